The first kappa shape index (κ1) is 21.6. The van der Waals surface area contributed by atoms with Crippen LogP contribution in [0.4, 0.5) is 5.69 Å². The van der Waals surface area contributed by atoms with Crippen LogP contribution < -0.4 is 9.62 Å². The van der Waals surface area contributed by atoms with E-state index < -0.39 is 16.1 Å². The number of sulfonamides is 1. The predicted octanol–water partition coefficient (Wildman–Crippen LogP) is 3.04. The molecule has 0 aliphatic carbocycles. The van der Waals surface area contributed by atoms with E-state index in [2.05, 4.69) is 10.3 Å². The minimum absolute atomic E-state index is 0.273. The van der Waals surface area contributed by atoms with E-state index in [1.807, 2.05) is 54.1 Å². The SMILES string of the molecule is CC[C@@H](C(=O)NCc1ccccc1-n1ccnc1)N(c1ccc(C)cc1)S(C)(=O)=O. The highest BCUT2D eigenvalue weighted by molar-refractivity contribution is 7.92. The minimum atomic E-state index is -3.65. The summed E-state index contributed by atoms with van der Waals surface area (Å²) >= 11 is 0. The Labute approximate surface area is 177 Å². The molecule has 0 aliphatic heterocycles. The van der Waals surface area contributed by atoms with E-state index in [0.717, 1.165) is 23.1 Å². The van der Waals surface area contributed by atoms with Crippen molar-refractivity contribution in [3.8, 4) is 5.69 Å². The van der Waals surface area contributed by atoms with Gasteiger partial charge in [-0.1, -0.05) is 42.8 Å². The molecule has 0 saturated carbocycles. The lowest BCUT2D eigenvalue weighted by molar-refractivity contribution is -0.122. The summed E-state index contributed by atoms with van der Waals surface area (Å²) in [5.41, 5.74) is 3.30. The highest BCUT2D eigenvalue weighted by Crippen LogP contribution is 2.23. The molecule has 0 aliphatic rings. The number of amides is 1. The van der Waals surface area contributed by atoms with E-state index >= 15 is 0 Å². The topological polar surface area (TPSA) is 84.3 Å². The van der Waals surface area contributed by atoms with E-state index in [0.29, 0.717) is 12.1 Å². The van der Waals surface area contributed by atoms with E-state index in [-0.39, 0.29) is 12.5 Å². The molecule has 1 atom stereocenters. The molecule has 3 rings (SSSR count). The maximum atomic E-state index is 13.0. The van der Waals surface area contributed by atoms with Crippen LogP contribution in [-0.4, -0.2) is 36.2 Å². The Balaban J connectivity index is 1.83. The van der Waals surface area contributed by atoms with Gasteiger partial charge < -0.3 is 9.88 Å². The van der Waals surface area contributed by atoms with Crippen LogP contribution >= 0.6 is 0 Å². The number of hydrogen-bond acceptors (Lipinski definition) is 4. The van der Waals surface area contributed by atoms with Crippen LogP contribution in [0.25, 0.3) is 5.69 Å². The standard InChI is InChI=1S/C22H26N4O3S/c1-4-20(26(30(3,28)29)19-11-9-17(2)10-12-19)22(27)24-15-18-7-5-6-8-21(18)25-14-13-23-16-25/h5-14,16,20H,4,15H2,1-3H3,(H,24,27)/t20-/m0/s1. The zero-order chi connectivity index (χ0) is 21.7. The number of anilines is 1. The van der Waals surface area contributed by atoms with Gasteiger partial charge in [-0.25, -0.2) is 13.4 Å². The van der Waals surface area contributed by atoms with Crippen molar-refractivity contribution >= 4 is 21.6 Å². The lowest BCUT2D eigenvalue weighted by atomic mass is 10.1. The summed E-state index contributed by atoms with van der Waals surface area (Å²) in [5, 5.41) is 2.91. The third-order valence-electron chi connectivity index (χ3n) is 4.85. The van der Waals surface area contributed by atoms with Crippen LogP contribution in [0.5, 0.6) is 0 Å². The second-order valence-electron chi connectivity index (χ2n) is 7.13. The minimum Gasteiger partial charge on any atom is -0.350 e. The molecule has 8 heteroatoms. The average molecular weight is 427 g/mol. The summed E-state index contributed by atoms with van der Waals surface area (Å²) < 4.78 is 28.1. The summed E-state index contributed by atoms with van der Waals surface area (Å²) in [6, 6.07) is 13.9. The van der Waals surface area contributed by atoms with E-state index in [1.54, 1.807) is 31.6 Å². The molecule has 0 radical (unpaired) electrons. The molecule has 1 heterocycles. The van der Waals surface area contributed by atoms with Crippen LogP contribution in [0.2, 0.25) is 0 Å². The number of aryl methyl sites for hydroxylation is 1. The smallest absolute Gasteiger partial charge is 0.244 e. The molecule has 3 aromatic rings. The number of benzene rings is 2. The van der Waals surface area contributed by atoms with Gasteiger partial charge in [-0.2, -0.15) is 0 Å². The van der Waals surface area contributed by atoms with Crippen LogP contribution in [0.1, 0.15) is 24.5 Å². The molecule has 0 bridgehead atoms. The number of rotatable bonds is 8. The summed E-state index contributed by atoms with van der Waals surface area (Å²) in [6.07, 6.45) is 6.68. The molecule has 2 aromatic carbocycles. The molecule has 1 aromatic heterocycles. The Morgan fingerprint density at radius 1 is 1.17 bits per heavy atom. The summed E-state index contributed by atoms with van der Waals surface area (Å²) in [6.45, 7) is 4.00. The van der Waals surface area contributed by atoms with Crippen molar-refractivity contribution in [2.24, 2.45) is 0 Å². The first-order chi connectivity index (χ1) is 14.3. The zero-order valence-corrected chi connectivity index (χ0v) is 18.1. The van der Waals surface area contributed by atoms with Crippen molar-refractivity contribution in [3.63, 3.8) is 0 Å². The van der Waals surface area contributed by atoms with Gasteiger partial charge >= 0.3 is 0 Å². The van der Waals surface area contributed by atoms with Gasteiger partial charge in [-0.05, 0) is 37.1 Å². The fraction of sp³-hybridized carbons (Fsp3) is 0.273. The monoisotopic (exact) mass is 426 g/mol. The van der Waals surface area contributed by atoms with Crippen molar-refractivity contribution in [1.29, 1.82) is 0 Å². The van der Waals surface area contributed by atoms with Crippen LogP contribution in [-0.2, 0) is 21.4 Å². The Morgan fingerprint density at radius 2 is 1.87 bits per heavy atom. The molecule has 0 spiro atoms. The molecule has 0 fully saturated rings. The molecular weight excluding hydrogens is 400 g/mol. The third-order valence-corrected chi connectivity index (χ3v) is 6.03. The Morgan fingerprint density at radius 3 is 2.47 bits per heavy atom. The van der Waals surface area contributed by atoms with Crippen molar-refractivity contribution in [2.45, 2.75) is 32.9 Å². The predicted molar refractivity (Wildman–Crippen MR) is 118 cm³/mol. The highest BCUT2D eigenvalue weighted by atomic mass is 32.2. The normalized spacial score (nSPS) is 12.4. The third kappa shape index (κ3) is 4.88. The van der Waals surface area contributed by atoms with Gasteiger partial charge in [-0.3, -0.25) is 9.10 Å². The first-order valence-electron chi connectivity index (χ1n) is 9.71. The molecule has 30 heavy (non-hydrogen) atoms. The summed E-state index contributed by atoms with van der Waals surface area (Å²) in [4.78, 5) is 17.1. The molecule has 1 N–H and O–H groups in total. The van der Waals surface area contributed by atoms with Crippen molar-refractivity contribution in [3.05, 3.63) is 78.4 Å². The number of carbonyl (C=O) groups excluding carboxylic acids is 1. The first-order valence-corrected chi connectivity index (χ1v) is 11.6. The average Bonchev–Trinajstić information content (AvgIpc) is 3.25. The van der Waals surface area contributed by atoms with Gasteiger partial charge in [0, 0.05) is 18.9 Å². The fourth-order valence-electron chi connectivity index (χ4n) is 3.37. The Kier molecular flexibility index (Phi) is 6.56. The Bertz CT molecular complexity index is 1090. The lowest BCUT2D eigenvalue weighted by Crippen LogP contribution is -2.49. The molecular formula is C22H26N4O3S. The fourth-order valence-corrected chi connectivity index (χ4v) is 4.58. The number of hydrogen-bond donors (Lipinski definition) is 1. The van der Waals surface area contributed by atoms with Gasteiger partial charge in [0.15, 0.2) is 0 Å². The highest BCUT2D eigenvalue weighted by Gasteiger charge is 2.31. The molecule has 0 saturated heterocycles. The van der Waals surface area contributed by atoms with E-state index in [1.165, 1.54) is 4.31 Å². The maximum absolute atomic E-state index is 13.0. The summed E-state index contributed by atoms with van der Waals surface area (Å²) in [7, 11) is -3.65. The van der Waals surface area contributed by atoms with Gasteiger partial charge in [0.25, 0.3) is 0 Å². The van der Waals surface area contributed by atoms with Crippen LogP contribution in [0.3, 0.4) is 0 Å². The van der Waals surface area contributed by atoms with Crippen LogP contribution in [0.15, 0.2) is 67.3 Å². The zero-order valence-electron chi connectivity index (χ0n) is 17.3. The number of carbonyl (C=O) groups is 1. The second kappa shape index (κ2) is 9.13. The largest absolute Gasteiger partial charge is 0.350 e. The molecule has 7 nitrogen and oxygen atoms in total. The molecule has 0 unspecified atom stereocenters. The van der Waals surface area contributed by atoms with Crippen molar-refractivity contribution in [2.75, 3.05) is 10.6 Å². The number of nitrogens with zero attached hydrogens (tertiary/aromatic N) is 3. The van der Waals surface area contributed by atoms with Gasteiger partial charge in [0.05, 0.1) is 24.0 Å². The summed E-state index contributed by atoms with van der Waals surface area (Å²) in [5.74, 6) is -0.344. The van der Waals surface area contributed by atoms with Gasteiger partial charge in [0.1, 0.15) is 6.04 Å². The number of imidazole rings is 1. The van der Waals surface area contributed by atoms with E-state index in [4.69, 9.17) is 0 Å². The van der Waals surface area contributed by atoms with Gasteiger partial charge in [-0.15, -0.1) is 0 Å². The van der Waals surface area contributed by atoms with Crippen molar-refractivity contribution < 1.29 is 13.2 Å². The molecule has 158 valence electrons. The molecule has 1 amide bonds. The van der Waals surface area contributed by atoms with E-state index in [9.17, 15) is 13.2 Å². The van der Waals surface area contributed by atoms with Crippen LogP contribution in [0, 0.1) is 6.92 Å². The quantitative estimate of drug-likeness (QED) is 0.600. The maximum Gasteiger partial charge on any atom is 0.244 e. The van der Waals surface area contributed by atoms with Crippen molar-refractivity contribution in [1.82, 2.24) is 14.9 Å². The number of aromatic nitrogens is 2. The number of nitrogens with one attached hydrogen (secondary N) is 1. The van der Waals surface area contributed by atoms with Gasteiger partial charge in [0.2, 0.25) is 15.9 Å². The lowest BCUT2D eigenvalue weighted by Gasteiger charge is -2.30. The number of para-hydroxylation sites is 1. The Hall–Kier alpha value is -3.13. The second-order valence-corrected chi connectivity index (χ2v) is 8.99.